The van der Waals surface area contributed by atoms with E-state index in [-0.39, 0.29) is 23.6 Å². The Balaban J connectivity index is 1.74. The first-order chi connectivity index (χ1) is 11.9. The van der Waals surface area contributed by atoms with Gasteiger partial charge in [-0.15, -0.1) is 0 Å². The van der Waals surface area contributed by atoms with Gasteiger partial charge in [0.05, 0.1) is 15.7 Å². The summed E-state index contributed by atoms with van der Waals surface area (Å²) < 4.78 is 0. The molecule has 0 aliphatic carbocycles. The minimum Gasteiger partial charge on any atom is -0.346 e. The lowest BCUT2D eigenvalue weighted by Crippen LogP contribution is -2.38. The van der Waals surface area contributed by atoms with E-state index >= 15 is 0 Å². The van der Waals surface area contributed by atoms with Crippen LogP contribution >= 0.6 is 23.2 Å². The molecule has 1 aliphatic rings. The molecule has 1 N–H and O–H groups in total. The van der Waals surface area contributed by atoms with Gasteiger partial charge >= 0.3 is 0 Å². The van der Waals surface area contributed by atoms with Crippen LogP contribution in [0.1, 0.15) is 23.8 Å². The van der Waals surface area contributed by atoms with Gasteiger partial charge < -0.3 is 10.2 Å². The third-order valence-corrected chi connectivity index (χ3v) is 4.82. The number of hydrogen-bond acceptors (Lipinski definition) is 4. The molecule has 130 valence electrons. The van der Waals surface area contributed by atoms with Gasteiger partial charge in [-0.1, -0.05) is 29.3 Å². The molecule has 0 bridgehead atoms. The maximum Gasteiger partial charge on any atom is 0.270 e. The standard InChI is InChI=1S/C17H16Cl2N4O2/c1-10(24)23-5-4-12(8-23)22-17(25)16-7-15(20-9-21-16)11-2-3-13(18)14(19)6-11/h2-3,6-7,9,12H,4-5,8H2,1H3,(H,22,25)/t12-/m1/s1. The number of benzene rings is 1. The monoisotopic (exact) mass is 378 g/mol. The number of amides is 2. The van der Waals surface area contributed by atoms with Crippen molar-refractivity contribution in [1.82, 2.24) is 20.2 Å². The zero-order chi connectivity index (χ0) is 18.0. The Hall–Kier alpha value is -2.18. The van der Waals surface area contributed by atoms with Crippen LogP contribution in [0.15, 0.2) is 30.6 Å². The second kappa shape index (κ2) is 7.37. The first kappa shape index (κ1) is 17.6. The molecule has 3 rings (SSSR count). The highest BCUT2D eigenvalue weighted by molar-refractivity contribution is 6.42. The highest BCUT2D eigenvalue weighted by atomic mass is 35.5. The maximum absolute atomic E-state index is 12.4. The lowest BCUT2D eigenvalue weighted by Gasteiger charge is -2.15. The molecule has 1 aliphatic heterocycles. The fourth-order valence-electron chi connectivity index (χ4n) is 2.72. The first-order valence-corrected chi connectivity index (χ1v) is 8.53. The second-order valence-corrected chi connectivity index (χ2v) is 6.66. The highest BCUT2D eigenvalue weighted by Gasteiger charge is 2.26. The van der Waals surface area contributed by atoms with Crippen LogP contribution in [0.25, 0.3) is 11.3 Å². The highest BCUT2D eigenvalue weighted by Crippen LogP contribution is 2.27. The third-order valence-electron chi connectivity index (χ3n) is 4.08. The molecule has 8 heteroatoms. The molecule has 1 saturated heterocycles. The predicted molar refractivity (Wildman–Crippen MR) is 95.6 cm³/mol. The minimum absolute atomic E-state index is 0.0145. The summed E-state index contributed by atoms with van der Waals surface area (Å²) in [6.07, 6.45) is 2.07. The zero-order valence-electron chi connectivity index (χ0n) is 13.5. The fourth-order valence-corrected chi connectivity index (χ4v) is 3.02. The van der Waals surface area contributed by atoms with Crippen molar-refractivity contribution in [2.45, 2.75) is 19.4 Å². The van der Waals surface area contributed by atoms with Crippen LogP contribution in [0, 0.1) is 0 Å². The van der Waals surface area contributed by atoms with E-state index in [0.717, 1.165) is 12.0 Å². The van der Waals surface area contributed by atoms with Crippen LogP contribution in [0.2, 0.25) is 10.0 Å². The summed E-state index contributed by atoms with van der Waals surface area (Å²) >= 11 is 12.0. The molecule has 1 fully saturated rings. The van der Waals surface area contributed by atoms with Gasteiger partial charge in [-0.25, -0.2) is 9.97 Å². The van der Waals surface area contributed by atoms with Crippen molar-refractivity contribution in [1.29, 1.82) is 0 Å². The van der Waals surface area contributed by atoms with Crippen molar-refractivity contribution in [3.63, 3.8) is 0 Å². The van der Waals surface area contributed by atoms with Crippen LogP contribution in [-0.4, -0.2) is 45.8 Å². The summed E-state index contributed by atoms with van der Waals surface area (Å²) in [5, 5.41) is 3.78. The summed E-state index contributed by atoms with van der Waals surface area (Å²) in [5.74, 6) is -0.278. The van der Waals surface area contributed by atoms with Crippen LogP contribution in [0.5, 0.6) is 0 Å². The molecule has 6 nitrogen and oxygen atoms in total. The van der Waals surface area contributed by atoms with Gasteiger partial charge in [0.25, 0.3) is 5.91 Å². The van der Waals surface area contributed by atoms with E-state index in [4.69, 9.17) is 23.2 Å². The molecule has 1 aromatic heterocycles. The predicted octanol–water partition coefficient (Wildman–Crippen LogP) is 2.80. The van der Waals surface area contributed by atoms with E-state index < -0.39 is 0 Å². The number of nitrogens with one attached hydrogen (secondary N) is 1. The zero-order valence-corrected chi connectivity index (χ0v) is 15.0. The van der Waals surface area contributed by atoms with Gasteiger partial charge in [-0.2, -0.15) is 0 Å². The lowest BCUT2D eigenvalue weighted by atomic mass is 10.1. The van der Waals surface area contributed by atoms with Crippen molar-refractivity contribution < 1.29 is 9.59 Å². The number of hydrogen-bond donors (Lipinski definition) is 1. The third kappa shape index (κ3) is 4.08. The topological polar surface area (TPSA) is 75.2 Å². The summed E-state index contributed by atoms with van der Waals surface area (Å²) in [5.41, 5.74) is 1.59. The normalized spacial score (nSPS) is 16.8. The van der Waals surface area contributed by atoms with Crippen LogP contribution in [0.3, 0.4) is 0 Å². The van der Waals surface area contributed by atoms with Crippen molar-refractivity contribution in [3.8, 4) is 11.3 Å². The molecule has 25 heavy (non-hydrogen) atoms. The molecule has 1 atom stereocenters. The number of likely N-dealkylation sites (tertiary alicyclic amines) is 1. The van der Waals surface area contributed by atoms with Crippen LogP contribution < -0.4 is 5.32 Å². The number of rotatable bonds is 3. The largest absolute Gasteiger partial charge is 0.346 e. The average molecular weight is 379 g/mol. The average Bonchev–Trinajstić information content (AvgIpc) is 3.06. The van der Waals surface area contributed by atoms with Gasteiger partial charge in [0.2, 0.25) is 5.91 Å². The van der Waals surface area contributed by atoms with E-state index in [0.29, 0.717) is 28.8 Å². The number of carbonyl (C=O) groups is 2. The van der Waals surface area contributed by atoms with E-state index in [9.17, 15) is 9.59 Å². The van der Waals surface area contributed by atoms with Gasteiger partial charge in [0.1, 0.15) is 12.0 Å². The Bertz CT molecular complexity index is 828. The quantitative estimate of drug-likeness (QED) is 0.890. The van der Waals surface area contributed by atoms with Crippen molar-refractivity contribution >= 4 is 35.0 Å². The smallest absolute Gasteiger partial charge is 0.270 e. The second-order valence-electron chi connectivity index (χ2n) is 5.84. The summed E-state index contributed by atoms with van der Waals surface area (Å²) in [4.78, 5) is 33.7. The van der Waals surface area contributed by atoms with E-state index in [1.807, 2.05) is 0 Å². The van der Waals surface area contributed by atoms with Crippen molar-refractivity contribution in [3.05, 3.63) is 46.3 Å². The summed E-state index contributed by atoms with van der Waals surface area (Å²) in [6.45, 7) is 2.70. The van der Waals surface area contributed by atoms with E-state index in [1.54, 1.807) is 29.2 Å². The maximum atomic E-state index is 12.4. The molecule has 0 unspecified atom stereocenters. The first-order valence-electron chi connectivity index (χ1n) is 7.78. The molecular formula is C17H16Cl2N4O2. The van der Waals surface area contributed by atoms with Gasteiger partial charge in [-0.3, -0.25) is 9.59 Å². The molecular weight excluding hydrogens is 363 g/mol. The molecule has 0 radical (unpaired) electrons. The van der Waals surface area contributed by atoms with Crippen LogP contribution in [0.4, 0.5) is 0 Å². The Morgan fingerprint density at radius 2 is 2.00 bits per heavy atom. The molecule has 2 amide bonds. The summed E-state index contributed by atoms with van der Waals surface area (Å²) in [7, 11) is 0. The van der Waals surface area contributed by atoms with Crippen LogP contribution in [-0.2, 0) is 4.79 Å². The van der Waals surface area contributed by atoms with Crippen molar-refractivity contribution in [2.75, 3.05) is 13.1 Å². The molecule has 2 aromatic rings. The molecule has 0 saturated carbocycles. The van der Waals surface area contributed by atoms with Gasteiger partial charge in [-0.05, 0) is 24.6 Å². The Morgan fingerprint density at radius 3 is 2.68 bits per heavy atom. The fraction of sp³-hybridized carbons (Fsp3) is 0.294. The molecule has 0 spiro atoms. The van der Waals surface area contributed by atoms with Gasteiger partial charge in [0, 0.05) is 31.6 Å². The van der Waals surface area contributed by atoms with E-state index in [2.05, 4.69) is 15.3 Å². The summed E-state index contributed by atoms with van der Waals surface area (Å²) in [6, 6.07) is 6.68. The minimum atomic E-state index is -0.292. The number of nitrogens with zero attached hydrogens (tertiary/aromatic N) is 3. The Kier molecular flexibility index (Phi) is 5.20. The lowest BCUT2D eigenvalue weighted by molar-refractivity contribution is -0.127. The number of halogens is 2. The molecule has 1 aromatic carbocycles. The Labute approximate surface area is 155 Å². The number of carbonyl (C=O) groups excluding carboxylic acids is 2. The van der Waals surface area contributed by atoms with Crippen molar-refractivity contribution in [2.24, 2.45) is 0 Å². The number of aromatic nitrogens is 2. The Morgan fingerprint density at radius 1 is 1.20 bits per heavy atom. The van der Waals surface area contributed by atoms with Gasteiger partial charge in [0.15, 0.2) is 0 Å². The molecule has 2 heterocycles. The van der Waals surface area contributed by atoms with E-state index in [1.165, 1.54) is 13.3 Å². The SMILES string of the molecule is CC(=O)N1CC[C@@H](NC(=O)c2cc(-c3ccc(Cl)c(Cl)c3)ncn2)C1.